The number of benzene rings is 8. The Morgan fingerprint density at radius 2 is 0.721 bits per heavy atom. The third-order valence-corrected chi connectivity index (χ3v) is 15.9. The third-order valence-electron chi connectivity index (χ3n) is 14.9. The van der Waals surface area contributed by atoms with Crippen molar-refractivity contribution >= 4 is 63.9 Å². The summed E-state index contributed by atoms with van der Waals surface area (Å²) in [6.07, 6.45) is 3.86. The Kier molecular flexibility index (Phi) is 24.7. The lowest BCUT2D eigenvalue weighted by Crippen LogP contribution is -2.41. The Morgan fingerprint density at radius 3 is 1.02 bits per heavy atom. The number of halogens is 4. The molecule has 0 fully saturated rings. The number of likely N-dealkylation sites (N-methyl/N-ethyl adjacent to an activating group) is 2. The fourth-order valence-corrected chi connectivity index (χ4v) is 10.1. The van der Waals surface area contributed by atoms with Crippen molar-refractivity contribution in [3.05, 3.63) is 259 Å². The van der Waals surface area contributed by atoms with Crippen LogP contribution in [0.25, 0.3) is 0 Å². The van der Waals surface area contributed by atoms with E-state index in [0.29, 0.717) is 23.0 Å². The average molecular weight is 1240 g/mol. The summed E-state index contributed by atoms with van der Waals surface area (Å²) in [5.41, 5.74) is 6.49. The Labute approximate surface area is 527 Å². The van der Waals surface area contributed by atoms with E-state index in [9.17, 15) is 14.4 Å². The van der Waals surface area contributed by atoms with Gasteiger partial charge in [0.25, 0.3) is 0 Å². The van der Waals surface area contributed by atoms with Gasteiger partial charge in [0, 0.05) is 45.0 Å². The number of rotatable bonds is 29. The quantitative estimate of drug-likeness (QED) is 0.0486. The van der Waals surface area contributed by atoms with E-state index in [4.69, 9.17) is 70.5 Å². The van der Waals surface area contributed by atoms with Crippen molar-refractivity contribution in [3.63, 3.8) is 0 Å². The van der Waals surface area contributed by atoms with E-state index >= 15 is 0 Å². The molecule has 8 aromatic rings. The van der Waals surface area contributed by atoms with Gasteiger partial charge in [0.15, 0.2) is 24.4 Å². The molecule has 0 saturated carbocycles. The molecule has 0 unspecified atom stereocenters. The normalized spacial score (nSPS) is 11.6. The smallest absolute Gasteiger partial charge is 0.335 e. The largest absolute Gasteiger partial charge is 0.486 e. The first-order valence-electron chi connectivity index (χ1n) is 28.8. The number of nitrogens with zero attached hydrogens (tertiary/aromatic N) is 2. The van der Waals surface area contributed by atoms with Crippen molar-refractivity contribution in [2.45, 2.75) is 83.3 Å². The van der Waals surface area contributed by atoms with E-state index in [1.165, 1.54) is 57.6 Å². The number of hydrogen-bond donors (Lipinski definition) is 1. The highest BCUT2D eigenvalue weighted by atomic mass is 35.5. The van der Waals surface area contributed by atoms with Gasteiger partial charge in [-0.05, 0) is 230 Å². The maximum atomic E-state index is 12.8. The summed E-state index contributed by atoms with van der Waals surface area (Å²) in [5, 5.41) is 11.9. The van der Waals surface area contributed by atoms with Crippen LogP contribution >= 0.6 is 46.4 Å². The van der Waals surface area contributed by atoms with Gasteiger partial charge in [0.1, 0.15) is 23.0 Å². The van der Waals surface area contributed by atoms with Gasteiger partial charge in [-0.1, -0.05) is 137 Å². The molecule has 0 bridgehead atoms. The molecule has 8 rings (SSSR count). The van der Waals surface area contributed by atoms with Crippen molar-refractivity contribution < 1.29 is 38.4 Å². The van der Waals surface area contributed by atoms with Crippen LogP contribution in [0.15, 0.2) is 194 Å². The van der Waals surface area contributed by atoms with Crippen LogP contribution in [0.3, 0.4) is 0 Å². The number of aromatic carboxylic acids is 1. The van der Waals surface area contributed by atoms with E-state index in [-0.39, 0.29) is 42.2 Å². The topological polar surface area (TPSA) is 115 Å². The second-order valence-corrected chi connectivity index (χ2v) is 24.4. The molecular formula is C72H76Cl4N2O8. The predicted octanol–water partition coefficient (Wildman–Crippen LogP) is 17.0. The van der Waals surface area contributed by atoms with Gasteiger partial charge in [-0.3, -0.25) is 9.59 Å². The molecule has 0 aliphatic heterocycles. The van der Waals surface area contributed by atoms with Crippen LogP contribution in [0.2, 0.25) is 20.1 Å². The fraction of sp³-hybridized carbons (Fsp3) is 0.292. The maximum Gasteiger partial charge on any atom is 0.335 e. The van der Waals surface area contributed by atoms with Crippen LogP contribution in [0.4, 0.5) is 0 Å². The average Bonchev–Trinajstić information content (AvgIpc) is 2.67. The summed E-state index contributed by atoms with van der Waals surface area (Å²) in [4.78, 5) is 41.3. The molecule has 0 aliphatic rings. The van der Waals surface area contributed by atoms with Gasteiger partial charge in [0.2, 0.25) is 11.6 Å². The molecular weight excluding hydrogens is 1160 g/mol. The third kappa shape index (κ3) is 21.1. The standard InChI is InChI=1S/C36H37Cl2NO5.C36H39Cl2NO3/c1-36(2,34(40)24-43-31-20-12-28(13-21-31)35(41)42)44-32-18-6-25(7-19-32)5-4-22-39(3)23-33(26-8-14-29(37)15-9-26)27-10-16-30(38)17-11-27;1-26-7-19-32(20-8-26)41-25-35(40)36(2,3)42-33-21-9-27(10-22-33)6-5-23-39(4)24-34(28-11-15-30(37)16-12-28)29-13-17-31(38)18-14-29/h6-21,33H,4-5,22-24H2,1-3H3,(H,41,42);7-22,34H,5-6,23-25H2,1-4H3. The Balaban J connectivity index is 0.000000246. The van der Waals surface area contributed by atoms with Gasteiger partial charge in [-0.25, -0.2) is 4.79 Å². The van der Waals surface area contributed by atoms with Crippen molar-refractivity contribution in [2.24, 2.45) is 0 Å². The zero-order valence-electron chi connectivity index (χ0n) is 49.9. The summed E-state index contributed by atoms with van der Waals surface area (Å²) >= 11 is 24.6. The monoisotopic (exact) mass is 1240 g/mol. The minimum atomic E-state index is -1.10. The highest BCUT2D eigenvalue weighted by Crippen LogP contribution is 2.31. The van der Waals surface area contributed by atoms with E-state index in [1.807, 2.05) is 116 Å². The number of carboxylic acids is 1. The van der Waals surface area contributed by atoms with Crippen LogP contribution in [0.5, 0.6) is 23.0 Å². The van der Waals surface area contributed by atoms with E-state index in [1.54, 1.807) is 27.7 Å². The predicted molar refractivity (Wildman–Crippen MR) is 349 cm³/mol. The number of carbonyl (C=O) groups excluding carboxylic acids is 2. The molecule has 450 valence electrons. The molecule has 0 atom stereocenters. The number of aryl methyl sites for hydroxylation is 3. The lowest BCUT2D eigenvalue weighted by atomic mass is 9.91. The van der Waals surface area contributed by atoms with E-state index in [2.05, 4.69) is 84.6 Å². The molecule has 10 nitrogen and oxygen atoms in total. The highest BCUT2D eigenvalue weighted by Gasteiger charge is 2.32. The van der Waals surface area contributed by atoms with E-state index in [0.717, 1.165) is 77.5 Å². The summed E-state index contributed by atoms with van der Waals surface area (Å²) in [6.45, 7) is 12.4. The first-order valence-corrected chi connectivity index (χ1v) is 30.3. The van der Waals surface area contributed by atoms with Gasteiger partial charge in [-0.2, -0.15) is 0 Å². The molecule has 0 aromatic heterocycles. The van der Waals surface area contributed by atoms with Gasteiger partial charge >= 0.3 is 5.97 Å². The second-order valence-electron chi connectivity index (χ2n) is 22.6. The van der Waals surface area contributed by atoms with E-state index < -0.39 is 17.2 Å². The minimum absolute atomic E-state index is 0.0431. The van der Waals surface area contributed by atoms with Gasteiger partial charge in [-0.15, -0.1) is 0 Å². The number of ether oxygens (including phenoxy) is 4. The summed E-state index contributed by atoms with van der Waals surface area (Å²) in [6, 6.07) is 61.7. The lowest BCUT2D eigenvalue weighted by molar-refractivity contribution is -0.134. The molecule has 0 saturated heterocycles. The molecule has 86 heavy (non-hydrogen) atoms. The summed E-state index contributed by atoms with van der Waals surface area (Å²) < 4.78 is 23.3. The maximum absolute atomic E-state index is 12.8. The Hall–Kier alpha value is -7.15. The minimum Gasteiger partial charge on any atom is -0.486 e. The molecule has 0 spiro atoms. The van der Waals surface area contributed by atoms with Crippen LogP contribution in [-0.2, 0) is 22.4 Å². The fourth-order valence-electron chi connectivity index (χ4n) is 9.62. The summed E-state index contributed by atoms with van der Waals surface area (Å²) in [5.74, 6) is 1.39. The Morgan fingerprint density at radius 1 is 0.430 bits per heavy atom. The number of carboxylic acid groups (broad SMARTS) is 1. The van der Waals surface area contributed by atoms with Crippen molar-refractivity contribution in [1.29, 1.82) is 0 Å². The summed E-state index contributed by atoms with van der Waals surface area (Å²) in [7, 11) is 4.31. The molecule has 0 amide bonds. The van der Waals surface area contributed by atoms with Gasteiger partial charge in [0.05, 0.1) is 5.56 Å². The second kappa shape index (κ2) is 32.0. The first-order chi connectivity index (χ1) is 41.1. The van der Waals surface area contributed by atoms with Crippen LogP contribution in [-0.4, -0.2) is 97.1 Å². The number of carbonyl (C=O) groups is 3. The number of Topliss-reactive ketones (excluding diaryl/α,β-unsaturated/α-hetero) is 2. The zero-order chi connectivity index (χ0) is 61.8. The van der Waals surface area contributed by atoms with Crippen LogP contribution in [0, 0.1) is 6.92 Å². The SMILES string of the molecule is CN(CCCc1ccc(OC(C)(C)C(=O)COc2ccc(C(=O)O)cc2)cc1)CC(c1ccc(Cl)cc1)c1ccc(Cl)cc1.Cc1ccc(OCC(=O)C(C)(C)Oc2ccc(CCCN(C)CC(c3ccc(Cl)cc3)c3ccc(Cl)cc3)cc2)cc1. The molecule has 1 N–H and O–H groups in total. The van der Waals surface area contributed by atoms with Crippen molar-refractivity contribution in [2.75, 3.05) is 53.5 Å². The molecule has 8 aromatic carbocycles. The number of ketones is 2. The molecule has 14 heteroatoms. The number of hydrogen-bond acceptors (Lipinski definition) is 9. The highest BCUT2D eigenvalue weighted by molar-refractivity contribution is 6.31. The molecule has 0 aliphatic carbocycles. The van der Waals surface area contributed by atoms with Crippen LogP contribution in [0.1, 0.15) is 102 Å². The van der Waals surface area contributed by atoms with Crippen molar-refractivity contribution in [3.8, 4) is 23.0 Å². The first kappa shape index (κ1) is 66.4. The van der Waals surface area contributed by atoms with Gasteiger partial charge < -0.3 is 33.9 Å². The van der Waals surface area contributed by atoms with Crippen molar-refractivity contribution in [1.82, 2.24) is 9.80 Å². The Bertz CT molecular complexity index is 3310. The lowest BCUT2D eigenvalue weighted by Gasteiger charge is -2.25. The molecule has 0 radical (unpaired) electrons. The molecule has 0 heterocycles. The van der Waals surface area contributed by atoms with Crippen LogP contribution < -0.4 is 18.9 Å². The zero-order valence-corrected chi connectivity index (χ0v) is 52.9.